The first-order valence-electron chi connectivity index (χ1n) is 6.45. The fourth-order valence-electron chi connectivity index (χ4n) is 2.49. The van der Waals surface area contributed by atoms with Gasteiger partial charge in [0.25, 0.3) is 0 Å². The zero-order valence-corrected chi connectivity index (χ0v) is 10.7. The molecule has 1 unspecified atom stereocenters. The van der Waals surface area contributed by atoms with Crippen molar-refractivity contribution in [3.63, 3.8) is 0 Å². The van der Waals surface area contributed by atoms with Crippen LogP contribution in [0.3, 0.4) is 0 Å². The van der Waals surface area contributed by atoms with Crippen LogP contribution in [0, 0.1) is 12.7 Å². The number of piperidine rings is 1. The van der Waals surface area contributed by atoms with Gasteiger partial charge in [-0.05, 0) is 50.1 Å². The van der Waals surface area contributed by atoms with E-state index in [9.17, 15) is 4.39 Å². The van der Waals surface area contributed by atoms with Gasteiger partial charge in [-0.1, -0.05) is 6.92 Å². The molecule has 1 atom stereocenters. The molecule has 1 N–H and O–H groups in total. The quantitative estimate of drug-likeness (QED) is 0.868. The maximum atomic E-state index is 13.2. The molecule has 0 spiro atoms. The van der Waals surface area contributed by atoms with Crippen molar-refractivity contribution in [2.24, 2.45) is 0 Å². The van der Waals surface area contributed by atoms with Crippen LogP contribution in [0.15, 0.2) is 18.2 Å². The molecule has 0 saturated carbocycles. The second-order valence-corrected chi connectivity index (χ2v) is 4.78. The third kappa shape index (κ3) is 2.97. The Morgan fingerprint density at radius 3 is 3.00 bits per heavy atom. The van der Waals surface area contributed by atoms with Crippen molar-refractivity contribution in [3.8, 4) is 0 Å². The Morgan fingerprint density at radius 2 is 2.29 bits per heavy atom. The van der Waals surface area contributed by atoms with Gasteiger partial charge in [-0.3, -0.25) is 0 Å². The highest BCUT2D eigenvalue weighted by Gasteiger charge is 2.19. The molecule has 3 heteroatoms. The van der Waals surface area contributed by atoms with Gasteiger partial charge in [-0.25, -0.2) is 4.39 Å². The van der Waals surface area contributed by atoms with Crippen LogP contribution in [0.1, 0.15) is 25.3 Å². The van der Waals surface area contributed by atoms with Gasteiger partial charge in [0.2, 0.25) is 0 Å². The number of nitrogens with one attached hydrogen (secondary N) is 1. The second-order valence-electron chi connectivity index (χ2n) is 4.78. The number of aryl methyl sites for hydroxylation is 1. The van der Waals surface area contributed by atoms with E-state index in [4.69, 9.17) is 0 Å². The van der Waals surface area contributed by atoms with Crippen LogP contribution in [-0.4, -0.2) is 25.7 Å². The molecular weight excluding hydrogens is 215 g/mol. The Labute approximate surface area is 103 Å². The average Bonchev–Trinajstić information content (AvgIpc) is 2.33. The number of halogens is 1. The number of likely N-dealkylation sites (N-methyl/N-ethyl adjacent to an activating group) is 1. The van der Waals surface area contributed by atoms with Crippen LogP contribution in [0.25, 0.3) is 0 Å². The highest BCUT2D eigenvalue weighted by Crippen LogP contribution is 2.22. The Hall–Kier alpha value is -1.09. The van der Waals surface area contributed by atoms with Crippen LogP contribution in [-0.2, 0) is 0 Å². The lowest BCUT2D eigenvalue weighted by Crippen LogP contribution is -2.45. The summed E-state index contributed by atoms with van der Waals surface area (Å²) in [5.74, 6) is -0.117. The van der Waals surface area contributed by atoms with E-state index >= 15 is 0 Å². The molecule has 0 amide bonds. The van der Waals surface area contributed by atoms with Crippen LogP contribution >= 0.6 is 0 Å². The zero-order chi connectivity index (χ0) is 12.3. The van der Waals surface area contributed by atoms with Gasteiger partial charge in [0.15, 0.2) is 0 Å². The monoisotopic (exact) mass is 236 g/mol. The summed E-state index contributed by atoms with van der Waals surface area (Å²) in [5, 5.41) is 3.49. The smallest absolute Gasteiger partial charge is 0.126 e. The first kappa shape index (κ1) is 12.4. The third-order valence-electron chi connectivity index (χ3n) is 3.42. The lowest BCUT2D eigenvalue weighted by atomic mass is 10.0. The van der Waals surface area contributed by atoms with Crippen molar-refractivity contribution >= 4 is 5.69 Å². The van der Waals surface area contributed by atoms with Crippen molar-refractivity contribution < 1.29 is 4.39 Å². The topological polar surface area (TPSA) is 15.3 Å². The zero-order valence-electron chi connectivity index (χ0n) is 10.7. The predicted octanol–water partition coefficient (Wildman–Crippen LogP) is 2.71. The highest BCUT2D eigenvalue weighted by molar-refractivity contribution is 5.49. The SMILES string of the molecule is CCNC1CCCN(c2ccc(F)c(C)c2)C1. The lowest BCUT2D eigenvalue weighted by molar-refractivity contribution is 0.431. The molecule has 94 valence electrons. The van der Waals surface area contributed by atoms with E-state index in [2.05, 4.69) is 17.1 Å². The third-order valence-corrected chi connectivity index (χ3v) is 3.42. The van der Waals surface area contributed by atoms with Crippen molar-refractivity contribution in [2.45, 2.75) is 32.7 Å². The van der Waals surface area contributed by atoms with Crippen molar-refractivity contribution in [1.82, 2.24) is 5.32 Å². The Morgan fingerprint density at radius 1 is 1.47 bits per heavy atom. The normalized spacial score (nSPS) is 20.6. The van der Waals surface area contributed by atoms with E-state index in [0.29, 0.717) is 6.04 Å². The summed E-state index contributed by atoms with van der Waals surface area (Å²) in [7, 11) is 0. The maximum Gasteiger partial charge on any atom is 0.126 e. The lowest BCUT2D eigenvalue weighted by Gasteiger charge is -2.35. The summed E-state index contributed by atoms with van der Waals surface area (Å²) in [6.07, 6.45) is 2.44. The minimum absolute atomic E-state index is 0.117. The average molecular weight is 236 g/mol. The molecule has 17 heavy (non-hydrogen) atoms. The molecule has 0 aliphatic carbocycles. The summed E-state index contributed by atoms with van der Waals surface area (Å²) in [6.45, 7) is 7.08. The fraction of sp³-hybridized carbons (Fsp3) is 0.571. The van der Waals surface area contributed by atoms with Gasteiger partial charge in [0.05, 0.1) is 0 Å². The minimum atomic E-state index is -0.117. The van der Waals surface area contributed by atoms with Gasteiger partial charge in [-0.15, -0.1) is 0 Å². The molecule has 1 aromatic rings. The van der Waals surface area contributed by atoms with Gasteiger partial charge >= 0.3 is 0 Å². The molecule has 1 fully saturated rings. The first-order chi connectivity index (χ1) is 8.20. The summed E-state index contributed by atoms with van der Waals surface area (Å²) in [4.78, 5) is 2.35. The second kappa shape index (κ2) is 5.50. The molecule has 0 radical (unpaired) electrons. The first-order valence-corrected chi connectivity index (χ1v) is 6.45. The molecule has 0 aromatic heterocycles. The number of nitrogens with zero attached hydrogens (tertiary/aromatic N) is 1. The summed E-state index contributed by atoms with van der Waals surface area (Å²) >= 11 is 0. The van der Waals surface area contributed by atoms with Gasteiger partial charge < -0.3 is 10.2 Å². The standard InChI is InChI=1S/C14H21FN2/c1-3-16-12-5-4-8-17(10-12)13-6-7-14(15)11(2)9-13/h6-7,9,12,16H,3-5,8,10H2,1-2H3. The molecule has 0 bridgehead atoms. The highest BCUT2D eigenvalue weighted by atomic mass is 19.1. The van der Waals surface area contributed by atoms with Gasteiger partial charge in [0, 0.05) is 24.8 Å². The Kier molecular flexibility index (Phi) is 4.00. The molecule has 2 nitrogen and oxygen atoms in total. The molecule has 1 aliphatic rings. The number of anilines is 1. The summed E-state index contributed by atoms with van der Waals surface area (Å²) < 4.78 is 13.2. The largest absolute Gasteiger partial charge is 0.370 e. The van der Waals surface area contributed by atoms with E-state index in [-0.39, 0.29) is 5.82 Å². The molecule has 1 aromatic carbocycles. The van der Waals surface area contributed by atoms with E-state index in [0.717, 1.165) is 30.9 Å². The van der Waals surface area contributed by atoms with E-state index in [1.165, 1.54) is 12.8 Å². The minimum Gasteiger partial charge on any atom is -0.370 e. The van der Waals surface area contributed by atoms with Gasteiger partial charge in [-0.2, -0.15) is 0 Å². The Bertz CT molecular complexity index is 376. The molecule has 2 rings (SSSR count). The van der Waals surface area contributed by atoms with Crippen LogP contribution in [0.2, 0.25) is 0 Å². The number of hydrogen-bond donors (Lipinski definition) is 1. The fourth-order valence-corrected chi connectivity index (χ4v) is 2.49. The maximum absolute atomic E-state index is 13.2. The number of rotatable bonds is 3. The van der Waals surface area contributed by atoms with E-state index in [1.54, 1.807) is 6.07 Å². The van der Waals surface area contributed by atoms with Gasteiger partial charge in [0.1, 0.15) is 5.82 Å². The summed E-state index contributed by atoms with van der Waals surface area (Å²) in [6, 6.07) is 5.97. The predicted molar refractivity (Wildman–Crippen MR) is 70.0 cm³/mol. The molecule has 1 aliphatic heterocycles. The van der Waals surface area contributed by atoms with Crippen LogP contribution < -0.4 is 10.2 Å². The number of hydrogen-bond acceptors (Lipinski definition) is 2. The van der Waals surface area contributed by atoms with Crippen LogP contribution in [0.4, 0.5) is 10.1 Å². The summed E-state index contributed by atoms with van der Waals surface area (Å²) in [5.41, 5.74) is 1.87. The Balaban J connectivity index is 2.08. The van der Waals surface area contributed by atoms with Crippen molar-refractivity contribution in [1.29, 1.82) is 0 Å². The van der Waals surface area contributed by atoms with E-state index < -0.39 is 0 Å². The number of benzene rings is 1. The molecule has 1 heterocycles. The van der Waals surface area contributed by atoms with Crippen molar-refractivity contribution in [3.05, 3.63) is 29.6 Å². The van der Waals surface area contributed by atoms with Crippen LogP contribution in [0.5, 0.6) is 0 Å². The van der Waals surface area contributed by atoms with Crippen molar-refractivity contribution in [2.75, 3.05) is 24.5 Å². The molecule has 1 saturated heterocycles. The van der Waals surface area contributed by atoms with E-state index in [1.807, 2.05) is 19.1 Å². The molecular formula is C14H21FN2.